The Morgan fingerprint density at radius 3 is 2.70 bits per heavy atom. The average Bonchev–Trinajstić information content (AvgIpc) is 2.26. The van der Waals surface area contributed by atoms with E-state index in [2.05, 4.69) is 31.4 Å². The molecule has 3 nitrogen and oxygen atoms in total. The van der Waals surface area contributed by atoms with Crippen molar-refractivity contribution >= 4 is 18.3 Å². The average molecular weight is 303 g/mol. The minimum absolute atomic E-state index is 0. The van der Waals surface area contributed by atoms with Crippen molar-refractivity contribution in [1.82, 2.24) is 10.6 Å². The molecule has 0 aromatic carbocycles. The van der Waals surface area contributed by atoms with Crippen LogP contribution in [0.15, 0.2) is 0 Å². The molecule has 0 aromatic rings. The van der Waals surface area contributed by atoms with Gasteiger partial charge in [0.25, 0.3) is 0 Å². The predicted octanol–water partition coefficient (Wildman–Crippen LogP) is 3.13. The zero-order valence-electron chi connectivity index (χ0n) is 13.2. The summed E-state index contributed by atoms with van der Waals surface area (Å²) in [4.78, 5) is 12.2. The highest BCUT2D eigenvalue weighted by Crippen LogP contribution is 2.42. The van der Waals surface area contributed by atoms with Crippen LogP contribution in [0.1, 0.15) is 59.3 Å². The van der Waals surface area contributed by atoms with Gasteiger partial charge < -0.3 is 10.6 Å². The van der Waals surface area contributed by atoms with Crippen molar-refractivity contribution in [3.63, 3.8) is 0 Å². The van der Waals surface area contributed by atoms with E-state index in [0.29, 0.717) is 17.4 Å². The van der Waals surface area contributed by atoms with E-state index in [1.807, 2.05) is 0 Å². The first-order valence-corrected chi connectivity index (χ1v) is 7.95. The van der Waals surface area contributed by atoms with Gasteiger partial charge in [0.05, 0.1) is 0 Å². The fourth-order valence-corrected chi connectivity index (χ4v) is 4.22. The molecule has 3 atom stereocenters. The maximum Gasteiger partial charge on any atom is 0.220 e. The molecule has 118 valence electrons. The molecule has 1 saturated heterocycles. The molecule has 1 amide bonds. The zero-order valence-corrected chi connectivity index (χ0v) is 14.0. The summed E-state index contributed by atoms with van der Waals surface area (Å²) in [6.45, 7) is 9.06. The van der Waals surface area contributed by atoms with Crippen molar-refractivity contribution in [2.45, 2.75) is 65.3 Å². The van der Waals surface area contributed by atoms with Gasteiger partial charge in [-0.15, -0.1) is 12.4 Å². The zero-order chi connectivity index (χ0) is 13.9. The van der Waals surface area contributed by atoms with Crippen molar-refractivity contribution in [3.8, 4) is 0 Å². The highest BCUT2D eigenvalue weighted by atomic mass is 35.5. The summed E-state index contributed by atoms with van der Waals surface area (Å²) in [5.41, 5.74) is 0.412. The quantitative estimate of drug-likeness (QED) is 0.841. The molecule has 1 aliphatic heterocycles. The number of rotatable bonds is 3. The Hall–Kier alpha value is -0.280. The van der Waals surface area contributed by atoms with E-state index in [1.165, 1.54) is 25.7 Å². The lowest BCUT2D eigenvalue weighted by Gasteiger charge is -2.39. The summed E-state index contributed by atoms with van der Waals surface area (Å²) in [7, 11) is 0. The van der Waals surface area contributed by atoms with Gasteiger partial charge in [0.1, 0.15) is 0 Å². The van der Waals surface area contributed by atoms with Crippen LogP contribution in [0.5, 0.6) is 0 Å². The number of amides is 1. The largest absolute Gasteiger partial charge is 0.352 e. The van der Waals surface area contributed by atoms with Crippen LogP contribution in [0, 0.1) is 17.3 Å². The van der Waals surface area contributed by atoms with E-state index in [4.69, 9.17) is 0 Å². The molecule has 1 saturated carbocycles. The predicted molar refractivity (Wildman–Crippen MR) is 86.2 cm³/mol. The van der Waals surface area contributed by atoms with Gasteiger partial charge in [-0.2, -0.15) is 0 Å². The first kappa shape index (κ1) is 17.8. The first-order chi connectivity index (χ1) is 8.94. The summed E-state index contributed by atoms with van der Waals surface area (Å²) in [5, 5.41) is 6.56. The third-order valence-electron chi connectivity index (χ3n) is 4.61. The Kier molecular flexibility index (Phi) is 6.80. The third kappa shape index (κ3) is 5.61. The highest BCUT2D eigenvalue weighted by Gasteiger charge is 2.33. The highest BCUT2D eigenvalue weighted by molar-refractivity contribution is 5.85. The maximum absolute atomic E-state index is 12.2. The van der Waals surface area contributed by atoms with Crippen LogP contribution < -0.4 is 10.6 Å². The number of hydrogen-bond acceptors (Lipinski definition) is 2. The molecule has 2 N–H and O–H groups in total. The van der Waals surface area contributed by atoms with E-state index in [9.17, 15) is 4.79 Å². The molecule has 2 unspecified atom stereocenters. The normalized spacial score (nSPS) is 33.0. The molecule has 0 bridgehead atoms. The smallest absolute Gasteiger partial charge is 0.220 e. The second kappa shape index (κ2) is 7.65. The lowest BCUT2D eigenvalue weighted by atomic mass is 9.67. The summed E-state index contributed by atoms with van der Waals surface area (Å²) < 4.78 is 0. The number of halogens is 1. The van der Waals surface area contributed by atoms with Crippen LogP contribution in [-0.2, 0) is 4.79 Å². The van der Waals surface area contributed by atoms with E-state index >= 15 is 0 Å². The van der Waals surface area contributed by atoms with Gasteiger partial charge in [0.15, 0.2) is 0 Å². The van der Waals surface area contributed by atoms with Gasteiger partial charge in [0.2, 0.25) is 5.91 Å². The molecular formula is C16H31ClN2O. The molecule has 2 aliphatic rings. The fourth-order valence-electron chi connectivity index (χ4n) is 4.22. The van der Waals surface area contributed by atoms with Crippen molar-refractivity contribution in [2.24, 2.45) is 17.3 Å². The molecule has 20 heavy (non-hydrogen) atoms. The summed E-state index contributed by atoms with van der Waals surface area (Å²) >= 11 is 0. The standard InChI is InChI=1S/C16H30N2O.ClH/c1-12-7-13(10-16(2,3)9-12)8-15(19)18-14-5-4-6-17-11-14;/h12-14,17H,4-11H2,1-3H3,(H,18,19);1H/t12?,13?,14-;/m0./s1. The van der Waals surface area contributed by atoms with E-state index in [-0.39, 0.29) is 18.3 Å². The molecule has 0 radical (unpaired) electrons. The number of nitrogens with one attached hydrogen (secondary N) is 2. The fraction of sp³-hybridized carbons (Fsp3) is 0.938. The van der Waals surface area contributed by atoms with Crippen LogP contribution >= 0.6 is 12.4 Å². The number of hydrogen-bond donors (Lipinski definition) is 2. The van der Waals surface area contributed by atoms with Gasteiger partial charge in [-0.3, -0.25) is 4.79 Å². The molecule has 2 rings (SSSR count). The third-order valence-corrected chi connectivity index (χ3v) is 4.61. The lowest BCUT2D eigenvalue weighted by molar-refractivity contribution is -0.123. The van der Waals surface area contributed by atoms with Crippen LogP contribution in [0.25, 0.3) is 0 Å². The molecule has 0 spiro atoms. The lowest BCUT2D eigenvalue weighted by Crippen LogP contribution is -2.46. The van der Waals surface area contributed by atoms with Gasteiger partial charge in [0, 0.05) is 19.0 Å². The molecule has 0 aromatic heterocycles. The van der Waals surface area contributed by atoms with E-state index < -0.39 is 0 Å². The topological polar surface area (TPSA) is 41.1 Å². The Bertz CT molecular complexity index is 314. The monoisotopic (exact) mass is 302 g/mol. The number of carbonyl (C=O) groups excluding carboxylic acids is 1. The minimum Gasteiger partial charge on any atom is -0.352 e. The van der Waals surface area contributed by atoms with Crippen molar-refractivity contribution in [2.75, 3.05) is 13.1 Å². The number of carbonyl (C=O) groups is 1. The molecule has 1 aliphatic carbocycles. The van der Waals surface area contributed by atoms with Crippen molar-refractivity contribution in [3.05, 3.63) is 0 Å². The molecule has 1 heterocycles. The molecule has 2 fully saturated rings. The van der Waals surface area contributed by atoms with E-state index in [0.717, 1.165) is 31.8 Å². The van der Waals surface area contributed by atoms with Gasteiger partial charge >= 0.3 is 0 Å². The Labute approximate surface area is 130 Å². The van der Waals surface area contributed by atoms with Gasteiger partial charge in [-0.05, 0) is 55.9 Å². The second-order valence-electron chi connectivity index (χ2n) is 7.59. The first-order valence-electron chi connectivity index (χ1n) is 7.95. The Balaban J connectivity index is 0.00000200. The van der Waals surface area contributed by atoms with Crippen LogP contribution in [-0.4, -0.2) is 25.0 Å². The van der Waals surface area contributed by atoms with E-state index in [1.54, 1.807) is 0 Å². The van der Waals surface area contributed by atoms with Crippen LogP contribution in [0.4, 0.5) is 0 Å². The molecular weight excluding hydrogens is 272 g/mol. The van der Waals surface area contributed by atoms with Crippen LogP contribution in [0.3, 0.4) is 0 Å². The van der Waals surface area contributed by atoms with Gasteiger partial charge in [-0.25, -0.2) is 0 Å². The maximum atomic E-state index is 12.2. The van der Waals surface area contributed by atoms with Crippen molar-refractivity contribution in [1.29, 1.82) is 0 Å². The summed E-state index contributed by atoms with van der Waals surface area (Å²) in [5.74, 6) is 1.61. The molecule has 4 heteroatoms. The Morgan fingerprint density at radius 1 is 1.35 bits per heavy atom. The Morgan fingerprint density at radius 2 is 2.10 bits per heavy atom. The summed E-state index contributed by atoms with van der Waals surface area (Å²) in [6, 6.07) is 0.357. The SMILES string of the molecule is CC1CC(CC(=O)N[C@H]2CCCNC2)CC(C)(C)C1.Cl. The minimum atomic E-state index is 0. The van der Waals surface area contributed by atoms with Gasteiger partial charge in [-0.1, -0.05) is 20.8 Å². The number of piperidine rings is 1. The van der Waals surface area contributed by atoms with Crippen molar-refractivity contribution < 1.29 is 4.79 Å². The second-order valence-corrected chi connectivity index (χ2v) is 7.59. The van der Waals surface area contributed by atoms with Crippen LogP contribution in [0.2, 0.25) is 0 Å². The summed E-state index contributed by atoms with van der Waals surface area (Å²) in [6.07, 6.45) is 6.76.